The minimum atomic E-state index is -4.59. The van der Waals surface area contributed by atoms with Gasteiger partial charge in [0.2, 0.25) is 6.04 Å². The van der Waals surface area contributed by atoms with Crippen LogP contribution < -0.4 is 10.9 Å². The number of halogens is 6. The van der Waals surface area contributed by atoms with Crippen molar-refractivity contribution in [1.82, 2.24) is 10.9 Å². The first-order chi connectivity index (χ1) is 14.3. The van der Waals surface area contributed by atoms with Gasteiger partial charge in [0.05, 0.1) is 11.1 Å². The number of hydrazine groups is 1. The van der Waals surface area contributed by atoms with E-state index in [0.717, 1.165) is 36.4 Å². The predicted octanol–water partition coefficient (Wildman–Crippen LogP) is 4.76. The van der Waals surface area contributed by atoms with E-state index >= 15 is 0 Å². The van der Waals surface area contributed by atoms with Gasteiger partial charge < -0.3 is 0 Å². The maximum atomic E-state index is 12.8. The maximum Gasteiger partial charge on any atom is 0.416 e. The molecule has 0 saturated heterocycles. The van der Waals surface area contributed by atoms with Gasteiger partial charge >= 0.3 is 12.4 Å². The molecule has 2 unspecified atom stereocenters. The number of benzene rings is 2. The second-order valence-corrected chi connectivity index (χ2v) is 6.53. The maximum absolute atomic E-state index is 12.8. The van der Waals surface area contributed by atoms with Crippen LogP contribution in [0.5, 0.6) is 0 Å². The Kier molecular flexibility index (Phi) is 7.26. The number of hydrogen-bond donors (Lipinski definition) is 2. The number of nitrogens with zero attached hydrogens (tertiary/aromatic N) is 1. The molecule has 2 atom stereocenters. The molecule has 12 heteroatoms. The second-order valence-electron chi connectivity index (χ2n) is 6.53. The summed E-state index contributed by atoms with van der Waals surface area (Å²) in [6.45, 7) is 1.49. The summed E-state index contributed by atoms with van der Waals surface area (Å²) in [5, 5.41) is 11.4. The molecule has 2 N–H and O–H groups in total. The summed E-state index contributed by atoms with van der Waals surface area (Å²) in [5.41, 5.74) is 2.66. The molecule has 31 heavy (non-hydrogen) atoms. The van der Waals surface area contributed by atoms with E-state index in [1.165, 1.54) is 6.92 Å². The van der Waals surface area contributed by atoms with Crippen LogP contribution in [0.25, 0.3) is 0 Å². The van der Waals surface area contributed by atoms with E-state index in [9.17, 15) is 41.3 Å². The van der Waals surface area contributed by atoms with Crippen LogP contribution in [0.1, 0.15) is 46.4 Å². The molecule has 2 aromatic carbocycles. The highest BCUT2D eigenvalue weighted by molar-refractivity contribution is 5.93. The average Bonchev–Trinajstić information content (AvgIpc) is 2.69. The summed E-state index contributed by atoms with van der Waals surface area (Å²) in [4.78, 5) is 23.0. The largest absolute Gasteiger partial charge is 0.416 e. The zero-order valence-electron chi connectivity index (χ0n) is 15.9. The van der Waals surface area contributed by atoms with E-state index in [4.69, 9.17) is 0 Å². The molecular formula is C19H17F6N3O3. The Bertz CT molecular complexity index is 911. The lowest BCUT2D eigenvalue weighted by Gasteiger charge is -2.23. The second kappa shape index (κ2) is 9.33. The third-order valence-corrected chi connectivity index (χ3v) is 4.49. The van der Waals surface area contributed by atoms with E-state index in [1.54, 1.807) is 0 Å². The van der Waals surface area contributed by atoms with Crippen LogP contribution >= 0.6 is 0 Å². The smallest absolute Gasteiger partial charge is 0.287 e. The van der Waals surface area contributed by atoms with Gasteiger partial charge in [-0.3, -0.25) is 20.3 Å². The molecule has 0 bridgehead atoms. The fourth-order valence-electron chi connectivity index (χ4n) is 2.81. The Balaban J connectivity index is 2.22. The van der Waals surface area contributed by atoms with Crippen LogP contribution in [0.2, 0.25) is 0 Å². The van der Waals surface area contributed by atoms with Gasteiger partial charge in [0.25, 0.3) is 5.91 Å². The molecule has 1 amide bonds. The number of carbonyl (C=O) groups is 1. The van der Waals surface area contributed by atoms with Gasteiger partial charge in [0.1, 0.15) is 6.04 Å². The molecule has 2 aromatic rings. The summed E-state index contributed by atoms with van der Waals surface area (Å²) in [6.07, 6.45) is -9.19. The number of alkyl halides is 6. The van der Waals surface area contributed by atoms with Crippen LogP contribution in [0.4, 0.5) is 26.3 Å². The van der Waals surface area contributed by atoms with E-state index in [-0.39, 0.29) is 17.5 Å². The Morgan fingerprint density at radius 2 is 1.39 bits per heavy atom. The van der Waals surface area contributed by atoms with Crippen molar-refractivity contribution in [3.8, 4) is 0 Å². The lowest BCUT2D eigenvalue weighted by atomic mass is 9.97. The van der Waals surface area contributed by atoms with Crippen LogP contribution in [0.15, 0.2) is 48.5 Å². The fourth-order valence-corrected chi connectivity index (χ4v) is 2.81. The van der Waals surface area contributed by atoms with Crippen molar-refractivity contribution in [2.75, 3.05) is 0 Å². The van der Waals surface area contributed by atoms with Gasteiger partial charge in [-0.15, -0.1) is 0 Å². The highest BCUT2D eigenvalue weighted by Gasteiger charge is 2.34. The van der Waals surface area contributed by atoms with E-state index < -0.39 is 46.4 Å². The first-order valence-corrected chi connectivity index (χ1v) is 8.88. The molecule has 0 aromatic heterocycles. The lowest BCUT2D eigenvalue weighted by Crippen LogP contribution is -2.46. The summed E-state index contributed by atoms with van der Waals surface area (Å²) >= 11 is 0. The number of carbonyl (C=O) groups excluding carboxylic acids is 1. The molecule has 0 aliphatic heterocycles. The number of hydrogen-bond acceptors (Lipinski definition) is 4. The normalized spacial score (nSPS) is 14.0. The molecule has 168 valence electrons. The molecule has 6 nitrogen and oxygen atoms in total. The minimum Gasteiger partial charge on any atom is -0.287 e. The van der Waals surface area contributed by atoms with Gasteiger partial charge in [-0.25, -0.2) is 5.43 Å². The van der Waals surface area contributed by atoms with Crippen LogP contribution in [0, 0.1) is 10.1 Å². The molecule has 0 heterocycles. The monoisotopic (exact) mass is 449 g/mol. The Labute approximate surface area is 172 Å². The molecule has 0 spiro atoms. The number of amides is 1. The number of nitrogens with one attached hydrogen (secondary N) is 2. The SMILES string of the molecule is CCC(C(NNC(=O)c1ccc(C(F)(F)F)cc1)c1ccc(C(F)(F)F)cc1)[N+](=O)[O-]. The van der Waals surface area contributed by atoms with Crippen molar-refractivity contribution >= 4 is 5.91 Å². The summed E-state index contributed by atoms with van der Waals surface area (Å²) < 4.78 is 76.2. The molecule has 0 aliphatic carbocycles. The number of nitro groups is 1. The van der Waals surface area contributed by atoms with Gasteiger partial charge in [0.15, 0.2) is 0 Å². The highest BCUT2D eigenvalue weighted by Crippen LogP contribution is 2.31. The molecule has 2 rings (SSSR count). The third-order valence-electron chi connectivity index (χ3n) is 4.49. The Hall–Kier alpha value is -3.15. The van der Waals surface area contributed by atoms with Crippen molar-refractivity contribution in [1.29, 1.82) is 0 Å². The third kappa shape index (κ3) is 6.17. The fraction of sp³-hybridized carbons (Fsp3) is 0.316. The van der Waals surface area contributed by atoms with E-state index in [1.807, 2.05) is 0 Å². The van der Waals surface area contributed by atoms with Crippen LogP contribution in [0.3, 0.4) is 0 Å². The molecular weight excluding hydrogens is 432 g/mol. The zero-order chi connectivity index (χ0) is 23.4. The quantitative estimate of drug-likeness (QED) is 0.363. The topological polar surface area (TPSA) is 84.3 Å². The van der Waals surface area contributed by atoms with Gasteiger partial charge in [0, 0.05) is 16.9 Å². The summed E-state index contributed by atoms with van der Waals surface area (Å²) in [7, 11) is 0. The predicted molar refractivity (Wildman–Crippen MR) is 97.3 cm³/mol. The van der Waals surface area contributed by atoms with Crippen LogP contribution in [-0.4, -0.2) is 16.9 Å². The summed E-state index contributed by atoms with van der Waals surface area (Å²) in [6, 6.07) is 4.39. The lowest BCUT2D eigenvalue weighted by molar-refractivity contribution is -0.528. The van der Waals surface area contributed by atoms with Crippen molar-refractivity contribution < 1.29 is 36.1 Å². The summed E-state index contributed by atoms with van der Waals surface area (Å²) in [5.74, 6) is -0.871. The van der Waals surface area contributed by atoms with Crippen molar-refractivity contribution in [3.63, 3.8) is 0 Å². The van der Waals surface area contributed by atoms with E-state index in [0.29, 0.717) is 12.1 Å². The first-order valence-electron chi connectivity index (χ1n) is 8.88. The zero-order valence-corrected chi connectivity index (χ0v) is 15.9. The highest BCUT2D eigenvalue weighted by atomic mass is 19.4. The Morgan fingerprint density at radius 3 is 1.77 bits per heavy atom. The molecule has 0 radical (unpaired) electrons. The van der Waals surface area contributed by atoms with Gasteiger partial charge in [-0.05, 0) is 42.0 Å². The first kappa shape index (κ1) is 24.1. The van der Waals surface area contributed by atoms with Crippen LogP contribution in [-0.2, 0) is 12.4 Å². The van der Waals surface area contributed by atoms with Crippen molar-refractivity contribution in [2.24, 2.45) is 0 Å². The van der Waals surface area contributed by atoms with Gasteiger partial charge in [-0.2, -0.15) is 26.3 Å². The molecule has 0 fully saturated rings. The average molecular weight is 449 g/mol. The number of rotatable bonds is 7. The Morgan fingerprint density at radius 1 is 0.935 bits per heavy atom. The van der Waals surface area contributed by atoms with E-state index in [2.05, 4.69) is 10.9 Å². The van der Waals surface area contributed by atoms with Gasteiger partial charge in [-0.1, -0.05) is 19.1 Å². The minimum absolute atomic E-state index is 0.0121. The standard InChI is InChI=1S/C19H17F6N3O3/c1-2-15(28(30)31)16(11-3-7-13(8-4-11)18(20,21)22)26-27-17(29)12-5-9-14(10-6-12)19(23,24)25/h3-10,15-16,26H,2H2,1H3,(H,27,29). The molecule has 0 saturated carbocycles. The molecule has 0 aliphatic rings. The van der Waals surface area contributed by atoms with Crippen molar-refractivity contribution in [2.45, 2.75) is 37.8 Å². The van der Waals surface area contributed by atoms with Crippen molar-refractivity contribution in [3.05, 3.63) is 80.9 Å².